The largest absolute Gasteiger partial charge is 0.481 e. The van der Waals surface area contributed by atoms with Crippen molar-refractivity contribution in [3.05, 3.63) is 12.2 Å². The van der Waals surface area contributed by atoms with Crippen LogP contribution < -0.4 is 5.32 Å². The van der Waals surface area contributed by atoms with E-state index in [1.54, 1.807) is 11.8 Å². The van der Waals surface area contributed by atoms with Crippen LogP contribution in [0.2, 0.25) is 0 Å². The zero-order valence-corrected chi connectivity index (χ0v) is 28.2. The number of likely N-dealkylation sites (tertiary alicyclic amines) is 1. The highest BCUT2D eigenvalue weighted by Gasteiger charge is 2.39. The first kappa shape index (κ1) is 43.4. The fourth-order valence-corrected chi connectivity index (χ4v) is 5.18. The number of nitrogens with one attached hydrogen (secondary N) is 1. The van der Waals surface area contributed by atoms with Crippen molar-refractivity contribution < 1.29 is 39.3 Å². The SMILES string of the molecule is CC(C)N1C(=O)C=CC1=O.CCS.CCSC(CC(=O)O)C(=O)NC(C)C.CCSC1CC(=O)N(C(C)C)C1=O.O. The molecule has 0 bridgehead atoms. The predicted molar refractivity (Wildman–Crippen MR) is 170 cm³/mol. The minimum absolute atomic E-state index is 0. The van der Waals surface area contributed by atoms with Crippen LogP contribution in [0.15, 0.2) is 12.2 Å². The van der Waals surface area contributed by atoms with Crippen molar-refractivity contribution in [2.45, 2.75) is 104 Å². The van der Waals surface area contributed by atoms with Gasteiger partial charge in [-0.2, -0.15) is 12.6 Å². The Kier molecular flexibility index (Phi) is 24.9. The van der Waals surface area contributed by atoms with Crippen molar-refractivity contribution in [2.75, 3.05) is 17.3 Å². The molecule has 0 aliphatic carbocycles. The number of hydrogen-bond donors (Lipinski definition) is 3. The molecule has 2 atom stereocenters. The van der Waals surface area contributed by atoms with Gasteiger partial charge in [-0.15, -0.1) is 23.5 Å². The first-order valence-electron chi connectivity index (χ1n) is 13.4. The monoisotopic (exact) mass is 639 g/mol. The molecule has 5 amide bonds. The summed E-state index contributed by atoms with van der Waals surface area (Å²) in [5, 5.41) is 10.7. The van der Waals surface area contributed by atoms with Crippen LogP contribution in [0.4, 0.5) is 0 Å². The molecule has 11 nitrogen and oxygen atoms in total. The molecule has 14 heteroatoms. The number of hydrogen-bond acceptors (Lipinski definition) is 9. The zero-order valence-electron chi connectivity index (χ0n) is 25.6. The second kappa shape index (κ2) is 23.5. The van der Waals surface area contributed by atoms with Crippen molar-refractivity contribution in [1.29, 1.82) is 0 Å². The Balaban J connectivity index is -0.000000502. The van der Waals surface area contributed by atoms with Gasteiger partial charge in [0.2, 0.25) is 17.7 Å². The van der Waals surface area contributed by atoms with Gasteiger partial charge in [-0.1, -0.05) is 20.8 Å². The van der Waals surface area contributed by atoms with Gasteiger partial charge in [0, 0.05) is 36.7 Å². The molecule has 1 fully saturated rings. The average molecular weight is 640 g/mol. The average Bonchev–Trinajstić information content (AvgIpc) is 3.31. The molecular weight excluding hydrogens is 591 g/mol. The van der Waals surface area contributed by atoms with E-state index in [2.05, 4.69) is 17.9 Å². The molecule has 2 aliphatic rings. The first-order valence-corrected chi connectivity index (χ1v) is 16.1. The van der Waals surface area contributed by atoms with Crippen LogP contribution in [-0.4, -0.2) is 102 Å². The second-order valence-corrected chi connectivity index (χ2v) is 12.9. The Labute approximate surface area is 258 Å². The Hall–Kier alpha value is -2.03. The number of carbonyl (C=O) groups is 6. The molecule has 1 saturated heterocycles. The van der Waals surface area contributed by atoms with Gasteiger partial charge in [0.15, 0.2) is 0 Å². The minimum Gasteiger partial charge on any atom is -0.481 e. The Bertz CT molecular complexity index is 864. The van der Waals surface area contributed by atoms with E-state index in [-0.39, 0.29) is 64.8 Å². The highest BCUT2D eigenvalue weighted by Crippen LogP contribution is 2.26. The van der Waals surface area contributed by atoms with Crippen molar-refractivity contribution in [3.63, 3.8) is 0 Å². The van der Waals surface area contributed by atoms with E-state index in [1.165, 1.54) is 33.7 Å². The van der Waals surface area contributed by atoms with Crippen LogP contribution in [0.25, 0.3) is 0 Å². The third-order valence-corrected chi connectivity index (χ3v) is 7.06. The second-order valence-electron chi connectivity index (χ2n) is 9.34. The topological polar surface area (TPSA) is 173 Å². The van der Waals surface area contributed by atoms with Gasteiger partial charge in [-0.05, 0) is 58.8 Å². The number of amides is 5. The Morgan fingerprint density at radius 1 is 0.951 bits per heavy atom. The lowest BCUT2D eigenvalue weighted by Gasteiger charge is -2.18. The van der Waals surface area contributed by atoms with E-state index in [4.69, 9.17) is 5.11 Å². The van der Waals surface area contributed by atoms with Gasteiger partial charge in [-0.25, -0.2) is 0 Å². The van der Waals surface area contributed by atoms with E-state index in [9.17, 15) is 28.8 Å². The highest BCUT2D eigenvalue weighted by molar-refractivity contribution is 8.00. The van der Waals surface area contributed by atoms with Crippen LogP contribution in [0, 0.1) is 0 Å². The number of thioether (sulfide) groups is 2. The summed E-state index contributed by atoms with van der Waals surface area (Å²) in [5.74, 6) is 1.00. The number of aliphatic carboxylic acids is 1. The highest BCUT2D eigenvalue weighted by atomic mass is 32.2. The molecule has 0 aromatic carbocycles. The van der Waals surface area contributed by atoms with Gasteiger partial charge in [0.05, 0.1) is 16.9 Å². The zero-order chi connectivity index (χ0) is 31.6. The number of nitrogens with zero attached hydrogens (tertiary/aromatic N) is 2. The van der Waals surface area contributed by atoms with Gasteiger partial charge in [-0.3, -0.25) is 38.6 Å². The van der Waals surface area contributed by atoms with E-state index in [0.29, 0.717) is 6.42 Å². The van der Waals surface area contributed by atoms with Crippen molar-refractivity contribution >= 4 is 71.7 Å². The summed E-state index contributed by atoms with van der Waals surface area (Å²) < 4.78 is 0. The Morgan fingerprint density at radius 2 is 1.41 bits per heavy atom. The molecular formula is C27H49N3O8S3. The summed E-state index contributed by atoms with van der Waals surface area (Å²) in [6, 6.07) is 0.0220. The van der Waals surface area contributed by atoms with Crippen LogP contribution in [0.3, 0.4) is 0 Å². The molecule has 2 heterocycles. The molecule has 2 unspecified atom stereocenters. The number of thiol groups is 1. The van der Waals surface area contributed by atoms with Gasteiger partial charge < -0.3 is 15.9 Å². The van der Waals surface area contributed by atoms with Gasteiger partial charge >= 0.3 is 5.97 Å². The lowest BCUT2D eigenvalue weighted by molar-refractivity contribution is -0.141. The maximum absolute atomic E-state index is 11.6. The lowest BCUT2D eigenvalue weighted by atomic mass is 10.2. The third-order valence-electron chi connectivity index (χ3n) is 4.84. The summed E-state index contributed by atoms with van der Waals surface area (Å²) in [7, 11) is 0. The molecule has 0 saturated carbocycles. The summed E-state index contributed by atoms with van der Waals surface area (Å²) in [6.07, 6.45) is 2.86. The summed E-state index contributed by atoms with van der Waals surface area (Å²) >= 11 is 6.71. The van der Waals surface area contributed by atoms with Crippen molar-refractivity contribution in [3.8, 4) is 0 Å². The van der Waals surface area contributed by atoms with Crippen LogP contribution in [-0.2, 0) is 28.8 Å². The Morgan fingerprint density at radius 3 is 1.71 bits per heavy atom. The maximum Gasteiger partial charge on any atom is 0.305 e. The van der Waals surface area contributed by atoms with Crippen LogP contribution in [0.1, 0.15) is 75.2 Å². The van der Waals surface area contributed by atoms with Crippen molar-refractivity contribution in [2.24, 2.45) is 0 Å². The van der Waals surface area contributed by atoms with Crippen LogP contribution >= 0.6 is 36.2 Å². The molecule has 2 rings (SSSR count). The normalized spacial score (nSPS) is 16.5. The van der Waals surface area contributed by atoms with Gasteiger partial charge in [0.25, 0.3) is 11.8 Å². The number of carboxylic acid groups (broad SMARTS) is 1. The molecule has 0 spiro atoms. The van der Waals surface area contributed by atoms with Crippen LogP contribution in [0.5, 0.6) is 0 Å². The van der Waals surface area contributed by atoms with E-state index < -0.39 is 11.2 Å². The van der Waals surface area contributed by atoms with Crippen molar-refractivity contribution in [1.82, 2.24) is 15.1 Å². The molecule has 4 N–H and O–H groups in total. The lowest BCUT2D eigenvalue weighted by Crippen LogP contribution is -2.38. The predicted octanol–water partition coefficient (Wildman–Crippen LogP) is 2.81. The fourth-order valence-electron chi connectivity index (χ4n) is 3.38. The molecule has 0 radical (unpaired) electrons. The van der Waals surface area contributed by atoms with Gasteiger partial charge in [0.1, 0.15) is 0 Å². The summed E-state index contributed by atoms with van der Waals surface area (Å²) in [6.45, 7) is 17.0. The van der Waals surface area contributed by atoms with E-state index in [1.807, 2.05) is 62.3 Å². The molecule has 0 aromatic rings. The quantitative estimate of drug-likeness (QED) is 0.240. The molecule has 0 aromatic heterocycles. The molecule has 2 aliphatic heterocycles. The molecule has 41 heavy (non-hydrogen) atoms. The standard InChI is InChI=1S/C9H17NO3S.C9H15NO2S.C7H9NO2.C2H6S.H2O/c1-4-14-7(5-8(11)12)9(13)10-6(2)3;1-4-13-7-5-8(11)10(6(2)3)9(7)12;1-5(2)8-6(9)3-4-7(8)10;1-2-3;/h6-7H,4-5H2,1-3H3,(H,10,13)(H,11,12);6-7H,4-5H2,1-3H3;3-5H,1-2H3;3H,2H2,1H3;1H2. The maximum atomic E-state index is 11.6. The van der Waals surface area contributed by atoms with E-state index >= 15 is 0 Å². The summed E-state index contributed by atoms with van der Waals surface area (Å²) in [4.78, 5) is 69.3. The molecule has 238 valence electrons. The summed E-state index contributed by atoms with van der Waals surface area (Å²) in [5.41, 5.74) is 0. The number of carboxylic acids is 1. The number of imide groups is 2. The smallest absolute Gasteiger partial charge is 0.305 e. The number of carbonyl (C=O) groups excluding carboxylic acids is 5. The fraction of sp³-hybridized carbons (Fsp3) is 0.704. The minimum atomic E-state index is -0.935. The first-order chi connectivity index (χ1) is 18.6. The number of rotatable bonds is 10. The van der Waals surface area contributed by atoms with E-state index in [0.717, 1.165) is 17.3 Å². The third kappa shape index (κ3) is 17.5.